The number of rotatable bonds is 3. The molecule has 0 aromatic carbocycles. The highest BCUT2D eigenvalue weighted by atomic mass is 16.5. The van der Waals surface area contributed by atoms with Gasteiger partial charge in [0.1, 0.15) is 6.10 Å². The summed E-state index contributed by atoms with van der Waals surface area (Å²) in [6.07, 6.45) is 0.415. The van der Waals surface area contributed by atoms with Crippen LogP contribution in [0.4, 0.5) is 0 Å². The van der Waals surface area contributed by atoms with Crippen LogP contribution < -0.4 is 0 Å². The topological polar surface area (TPSA) is 77.2 Å². The minimum Gasteiger partial charge on any atom is -0.469 e. The molecule has 0 fully saturated rings. The molecule has 0 bridgehead atoms. The molecular formula is C7H11N3O3. The van der Waals surface area contributed by atoms with Crippen molar-refractivity contribution in [3.8, 4) is 0 Å². The third-order valence-corrected chi connectivity index (χ3v) is 1.68. The van der Waals surface area contributed by atoms with Gasteiger partial charge in [-0.25, -0.2) is 4.68 Å². The molecule has 6 heteroatoms. The van der Waals surface area contributed by atoms with E-state index in [1.54, 1.807) is 7.05 Å². The number of aliphatic hydroxyl groups excluding tert-OH is 1. The Kier molecular flexibility index (Phi) is 2.97. The number of ether oxygens (including phenoxy) is 1. The maximum absolute atomic E-state index is 10.8. The highest BCUT2D eigenvalue weighted by Gasteiger charge is 2.16. The van der Waals surface area contributed by atoms with E-state index >= 15 is 0 Å². The molecule has 1 N–H and O–H groups in total. The lowest BCUT2D eigenvalue weighted by Crippen LogP contribution is -2.11. The molecule has 0 radical (unpaired) electrons. The molecular weight excluding hydrogens is 174 g/mol. The predicted molar refractivity (Wildman–Crippen MR) is 42.6 cm³/mol. The van der Waals surface area contributed by atoms with Gasteiger partial charge in [0, 0.05) is 7.05 Å². The highest BCUT2D eigenvalue weighted by molar-refractivity contribution is 5.69. The van der Waals surface area contributed by atoms with Gasteiger partial charge in [0.05, 0.1) is 25.4 Å². The van der Waals surface area contributed by atoms with Gasteiger partial charge in [-0.2, -0.15) is 0 Å². The standard InChI is InChI=1S/C7H11N3O3/c1-10-5(4-8-9-10)6(11)3-7(12)13-2/h4,6,11H,3H2,1-2H3. The van der Waals surface area contributed by atoms with Crippen LogP contribution in [-0.4, -0.2) is 33.2 Å². The Balaban J connectivity index is 2.63. The molecule has 1 rings (SSSR count). The number of methoxy groups -OCH3 is 1. The van der Waals surface area contributed by atoms with Crippen molar-refractivity contribution in [3.63, 3.8) is 0 Å². The van der Waals surface area contributed by atoms with Crippen LogP contribution in [0.15, 0.2) is 6.20 Å². The lowest BCUT2D eigenvalue weighted by Gasteiger charge is -2.07. The summed E-state index contributed by atoms with van der Waals surface area (Å²) in [5.74, 6) is -0.464. The van der Waals surface area contributed by atoms with Gasteiger partial charge in [-0.3, -0.25) is 4.79 Å². The van der Waals surface area contributed by atoms with Gasteiger partial charge in [0.2, 0.25) is 0 Å². The zero-order valence-electron chi connectivity index (χ0n) is 7.47. The number of carbonyl (C=O) groups is 1. The van der Waals surface area contributed by atoms with Crippen molar-refractivity contribution < 1.29 is 14.6 Å². The van der Waals surface area contributed by atoms with Gasteiger partial charge in [-0.1, -0.05) is 5.21 Å². The molecule has 1 aromatic heterocycles. The Morgan fingerprint density at radius 3 is 3.00 bits per heavy atom. The van der Waals surface area contributed by atoms with Gasteiger partial charge in [-0.15, -0.1) is 5.10 Å². The summed E-state index contributed by atoms with van der Waals surface area (Å²) in [6.45, 7) is 0. The molecule has 0 aliphatic carbocycles. The fourth-order valence-electron chi connectivity index (χ4n) is 0.945. The molecule has 6 nitrogen and oxygen atoms in total. The summed E-state index contributed by atoms with van der Waals surface area (Å²) in [6, 6.07) is 0. The molecule has 0 saturated heterocycles. The molecule has 0 saturated carbocycles. The Morgan fingerprint density at radius 1 is 1.85 bits per heavy atom. The van der Waals surface area contributed by atoms with Crippen molar-refractivity contribution in [2.45, 2.75) is 12.5 Å². The molecule has 13 heavy (non-hydrogen) atoms. The SMILES string of the molecule is COC(=O)CC(O)c1cnnn1C. The van der Waals surface area contributed by atoms with Gasteiger partial charge in [0.25, 0.3) is 0 Å². The summed E-state index contributed by atoms with van der Waals surface area (Å²) < 4.78 is 5.82. The molecule has 1 atom stereocenters. The number of esters is 1. The van der Waals surface area contributed by atoms with Crippen LogP contribution in [0.5, 0.6) is 0 Å². The summed E-state index contributed by atoms with van der Waals surface area (Å²) in [5.41, 5.74) is 0.491. The van der Waals surface area contributed by atoms with E-state index in [9.17, 15) is 9.90 Å². The second-order valence-electron chi connectivity index (χ2n) is 2.58. The molecule has 0 amide bonds. The van der Waals surface area contributed by atoms with E-state index in [-0.39, 0.29) is 6.42 Å². The van der Waals surface area contributed by atoms with Gasteiger partial charge in [-0.05, 0) is 0 Å². The quantitative estimate of drug-likeness (QED) is 0.637. The number of nitrogens with zero attached hydrogens (tertiary/aromatic N) is 3. The van der Waals surface area contributed by atoms with Crippen molar-refractivity contribution in [1.29, 1.82) is 0 Å². The minimum absolute atomic E-state index is 0.0856. The van der Waals surface area contributed by atoms with E-state index in [1.807, 2.05) is 0 Å². The third kappa shape index (κ3) is 2.25. The molecule has 0 spiro atoms. The molecule has 1 aromatic rings. The molecule has 0 aliphatic rings. The van der Waals surface area contributed by atoms with Crippen molar-refractivity contribution in [2.75, 3.05) is 7.11 Å². The first-order valence-electron chi connectivity index (χ1n) is 3.74. The lowest BCUT2D eigenvalue weighted by atomic mass is 10.2. The Morgan fingerprint density at radius 2 is 2.54 bits per heavy atom. The number of hydrogen-bond acceptors (Lipinski definition) is 5. The van der Waals surface area contributed by atoms with Gasteiger partial charge in [0.15, 0.2) is 0 Å². The first-order valence-corrected chi connectivity index (χ1v) is 3.74. The fraction of sp³-hybridized carbons (Fsp3) is 0.571. The largest absolute Gasteiger partial charge is 0.469 e. The summed E-state index contributed by atoms with van der Waals surface area (Å²) in [4.78, 5) is 10.8. The van der Waals surface area contributed by atoms with Crippen molar-refractivity contribution in [3.05, 3.63) is 11.9 Å². The minimum atomic E-state index is -0.910. The Hall–Kier alpha value is -1.43. The summed E-state index contributed by atoms with van der Waals surface area (Å²) >= 11 is 0. The molecule has 1 unspecified atom stereocenters. The van der Waals surface area contributed by atoms with Crippen LogP contribution in [0, 0.1) is 0 Å². The maximum Gasteiger partial charge on any atom is 0.308 e. The Bertz CT molecular complexity index is 297. The number of carbonyl (C=O) groups excluding carboxylic acids is 1. The highest BCUT2D eigenvalue weighted by Crippen LogP contribution is 2.14. The number of hydrogen-bond donors (Lipinski definition) is 1. The van der Waals surface area contributed by atoms with Crippen LogP contribution in [0.3, 0.4) is 0 Å². The lowest BCUT2D eigenvalue weighted by molar-refractivity contribution is -0.143. The summed E-state index contributed by atoms with van der Waals surface area (Å²) in [5, 5.41) is 16.7. The molecule has 1 heterocycles. The van der Waals surface area contributed by atoms with Crippen LogP contribution >= 0.6 is 0 Å². The number of aliphatic hydroxyl groups is 1. The first kappa shape index (κ1) is 9.66. The molecule has 72 valence electrons. The Labute approximate surface area is 75.1 Å². The average Bonchev–Trinajstić information content (AvgIpc) is 2.51. The van der Waals surface area contributed by atoms with E-state index < -0.39 is 12.1 Å². The molecule has 0 aliphatic heterocycles. The zero-order chi connectivity index (χ0) is 9.84. The van der Waals surface area contributed by atoms with E-state index in [2.05, 4.69) is 15.0 Å². The summed E-state index contributed by atoms with van der Waals surface area (Å²) in [7, 11) is 2.92. The van der Waals surface area contributed by atoms with E-state index in [0.29, 0.717) is 5.69 Å². The van der Waals surface area contributed by atoms with Crippen LogP contribution in [0.25, 0.3) is 0 Å². The average molecular weight is 185 g/mol. The second kappa shape index (κ2) is 3.99. The zero-order valence-corrected chi connectivity index (χ0v) is 7.47. The second-order valence-corrected chi connectivity index (χ2v) is 2.58. The maximum atomic E-state index is 10.8. The van der Waals surface area contributed by atoms with Crippen molar-refractivity contribution in [1.82, 2.24) is 15.0 Å². The predicted octanol–water partition coefficient (Wildman–Crippen LogP) is -0.588. The van der Waals surface area contributed by atoms with Crippen LogP contribution in [0.1, 0.15) is 18.2 Å². The van der Waals surface area contributed by atoms with Crippen molar-refractivity contribution in [2.24, 2.45) is 7.05 Å². The van der Waals surface area contributed by atoms with E-state index in [1.165, 1.54) is 18.0 Å². The third-order valence-electron chi connectivity index (χ3n) is 1.68. The normalized spacial score (nSPS) is 12.5. The first-order chi connectivity index (χ1) is 6.15. The van der Waals surface area contributed by atoms with E-state index in [4.69, 9.17) is 0 Å². The van der Waals surface area contributed by atoms with Crippen LogP contribution in [0.2, 0.25) is 0 Å². The number of aromatic nitrogens is 3. The van der Waals surface area contributed by atoms with Gasteiger partial charge >= 0.3 is 5.97 Å². The fourth-order valence-corrected chi connectivity index (χ4v) is 0.945. The monoisotopic (exact) mass is 185 g/mol. The smallest absolute Gasteiger partial charge is 0.308 e. The van der Waals surface area contributed by atoms with Gasteiger partial charge < -0.3 is 9.84 Å². The van der Waals surface area contributed by atoms with Crippen LogP contribution in [-0.2, 0) is 16.6 Å². The van der Waals surface area contributed by atoms with E-state index in [0.717, 1.165) is 0 Å². The number of aryl methyl sites for hydroxylation is 1. The van der Waals surface area contributed by atoms with Crippen molar-refractivity contribution >= 4 is 5.97 Å².